The van der Waals surface area contributed by atoms with Crippen molar-refractivity contribution in [1.29, 1.82) is 0 Å². The third-order valence-electron chi connectivity index (χ3n) is 14.3. The highest BCUT2D eigenvalue weighted by atomic mass is 16.7. The Morgan fingerprint density at radius 1 is 0.479 bits per heavy atom. The second-order valence-corrected chi connectivity index (χ2v) is 21.1. The van der Waals surface area contributed by atoms with Gasteiger partial charge in [0.2, 0.25) is 5.91 Å². The van der Waals surface area contributed by atoms with Crippen LogP contribution in [0.3, 0.4) is 0 Å². The van der Waals surface area contributed by atoms with Crippen molar-refractivity contribution < 1.29 is 50.0 Å². The number of unbranched alkanes of at least 4 members (excludes halogenated alkanes) is 30. The van der Waals surface area contributed by atoms with Crippen LogP contribution in [0.1, 0.15) is 258 Å². The van der Waals surface area contributed by atoms with Gasteiger partial charge in [0.05, 0.1) is 25.4 Å². The van der Waals surface area contributed by atoms with Crippen LogP contribution in [-0.2, 0) is 14.3 Å². The van der Waals surface area contributed by atoms with Crippen LogP contribution in [0.15, 0.2) is 60.8 Å². The van der Waals surface area contributed by atoms with E-state index in [9.17, 15) is 40.5 Å². The zero-order valence-corrected chi connectivity index (χ0v) is 46.6. The molecule has 73 heavy (non-hydrogen) atoms. The Kier molecular flexibility index (Phi) is 47.7. The summed E-state index contributed by atoms with van der Waals surface area (Å²) in [5, 5.41) is 76.1. The van der Waals surface area contributed by atoms with E-state index >= 15 is 0 Å². The van der Waals surface area contributed by atoms with Gasteiger partial charge in [-0.15, -0.1) is 0 Å². The van der Waals surface area contributed by atoms with E-state index in [2.05, 4.69) is 79.9 Å². The minimum absolute atomic E-state index is 0.238. The van der Waals surface area contributed by atoms with Crippen molar-refractivity contribution in [3.8, 4) is 0 Å². The first kappa shape index (κ1) is 68.8. The lowest BCUT2D eigenvalue weighted by Crippen LogP contribution is -2.60. The predicted octanol–water partition coefficient (Wildman–Crippen LogP) is 13.0. The number of ether oxygens (including phenoxy) is 2. The SMILES string of the molecule is CCCCC/C=C\C=C/CCCCCCCCCCCC(O)C(=O)NC(COC1OC(CO)C(O)C(O)C1O)C(O)C(O)CCC/C=C/CC/C=C/CC/C=C/CCCCCCCCCCCCCCCCC. The average Bonchev–Trinajstić information content (AvgIpc) is 3.39. The summed E-state index contributed by atoms with van der Waals surface area (Å²) >= 11 is 0. The molecule has 9 atom stereocenters. The average molecular weight is 1030 g/mol. The molecule has 1 aliphatic heterocycles. The highest BCUT2D eigenvalue weighted by Crippen LogP contribution is 2.23. The third-order valence-corrected chi connectivity index (χ3v) is 14.3. The molecule has 0 spiro atoms. The van der Waals surface area contributed by atoms with Crippen molar-refractivity contribution in [1.82, 2.24) is 5.32 Å². The molecular formula is C62H113NO10. The van der Waals surface area contributed by atoms with Gasteiger partial charge in [0.25, 0.3) is 0 Å². The number of allylic oxidation sites excluding steroid dienone is 10. The molecule has 9 unspecified atom stereocenters. The highest BCUT2D eigenvalue weighted by molar-refractivity contribution is 5.80. The van der Waals surface area contributed by atoms with Crippen LogP contribution in [-0.4, -0.2) is 110 Å². The summed E-state index contributed by atoms with van der Waals surface area (Å²) < 4.78 is 11.1. The van der Waals surface area contributed by atoms with E-state index < -0.39 is 74.2 Å². The fraction of sp³-hybridized carbons (Fsp3) is 0.823. The molecule has 8 N–H and O–H groups in total. The minimum Gasteiger partial charge on any atom is -0.394 e. The van der Waals surface area contributed by atoms with Crippen LogP contribution >= 0.6 is 0 Å². The lowest BCUT2D eigenvalue weighted by atomic mass is 9.98. The monoisotopic (exact) mass is 1030 g/mol. The molecule has 1 fully saturated rings. The lowest BCUT2D eigenvalue weighted by Gasteiger charge is -2.40. The molecule has 0 saturated carbocycles. The van der Waals surface area contributed by atoms with Crippen LogP contribution in [0.5, 0.6) is 0 Å². The van der Waals surface area contributed by atoms with Gasteiger partial charge in [0, 0.05) is 0 Å². The largest absolute Gasteiger partial charge is 0.394 e. The van der Waals surface area contributed by atoms with Crippen molar-refractivity contribution in [2.75, 3.05) is 13.2 Å². The normalized spacial score (nSPS) is 20.4. The maximum absolute atomic E-state index is 13.2. The van der Waals surface area contributed by atoms with Gasteiger partial charge in [-0.1, -0.05) is 229 Å². The van der Waals surface area contributed by atoms with Gasteiger partial charge in [0.1, 0.15) is 36.6 Å². The molecule has 426 valence electrons. The van der Waals surface area contributed by atoms with Crippen molar-refractivity contribution in [2.24, 2.45) is 0 Å². The summed E-state index contributed by atoms with van der Waals surface area (Å²) in [5.74, 6) is -0.717. The molecule has 1 rings (SSSR count). The number of carbonyl (C=O) groups is 1. The number of amides is 1. The van der Waals surface area contributed by atoms with E-state index in [1.54, 1.807) is 0 Å². The first-order valence-electron chi connectivity index (χ1n) is 30.2. The molecule has 1 amide bonds. The Bertz CT molecular complexity index is 1370. The minimum atomic E-state index is -1.68. The van der Waals surface area contributed by atoms with E-state index in [-0.39, 0.29) is 12.8 Å². The summed E-state index contributed by atoms with van der Waals surface area (Å²) in [6, 6.07) is -1.20. The fourth-order valence-corrected chi connectivity index (χ4v) is 9.35. The van der Waals surface area contributed by atoms with Crippen LogP contribution in [0.25, 0.3) is 0 Å². The number of aliphatic hydroxyl groups excluding tert-OH is 7. The summed E-state index contributed by atoms with van der Waals surface area (Å²) in [6.45, 7) is 3.42. The van der Waals surface area contributed by atoms with Gasteiger partial charge in [-0.3, -0.25) is 4.79 Å². The van der Waals surface area contributed by atoms with Gasteiger partial charge in [-0.25, -0.2) is 0 Å². The van der Waals surface area contributed by atoms with Crippen molar-refractivity contribution in [3.63, 3.8) is 0 Å². The van der Waals surface area contributed by atoms with Gasteiger partial charge in [0.15, 0.2) is 6.29 Å². The maximum Gasteiger partial charge on any atom is 0.249 e. The number of hydrogen-bond donors (Lipinski definition) is 8. The molecule has 0 radical (unpaired) electrons. The molecule has 0 aromatic carbocycles. The van der Waals surface area contributed by atoms with Crippen LogP contribution in [0, 0.1) is 0 Å². The van der Waals surface area contributed by atoms with Crippen LogP contribution < -0.4 is 5.32 Å². The quantitative estimate of drug-likeness (QED) is 0.0165. The van der Waals surface area contributed by atoms with E-state index in [1.807, 2.05) is 0 Å². The number of aliphatic hydroxyl groups is 7. The van der Waals surface area contributed by atoms with Gasteiger partial charge < -0.3 is 50.5 Å². The van der Waals surface area contributed by atoms with E-state index in [0.717, 1.165) is 57.8 Å². The molecule has 0 aromatic heterocycles. The van der Waals surface area contributed by atoms with Gasteiger partial charge >= 0.3 is 0 Å². The van der Waals surface area contributed by atoms with Gasteiger partial charge in [-0.2, -0.15) is 0 Å². The molecule has 1 saturated heterocycles. The molecule has 0 aromatic rings. The van der Waals surface area contributed by atoms with E-state index in [0.29, 0.717) is 19.3 Å². The molecule has 11 nitrogen and oxygen atoms in total. The van der Waals surface area contributed by atoms with E-state index in [1.165, 1.54) is 154 Å². The molecule has 0 bridgehead atoms. The number of carbonyl (C=O) groups excluding carboxylic acids is 1. The standard InChI is InChI=1S/C62H113NO10/c1-3-5-7-9-11-13-15-17-19-21-23-24-25-26-27-28-29-30-31-32-34-35-37-39-41-43-45-47-49-54(65)57(67)53(52-72-62-60(70)59(69)58(68)56(51-64)73-62)63-61(71)55(66)50-48-46-44-42-40-38-36-33-22-20-18-16-14-12-10-8-6-4-2/h12,14,16,18,29-30,34-35,41,43,53-60,62,64-70H,3-11,13,15,17,19-28,31-33,36-40,42,44-52H2,1-2H3,(H,63,71)/b14-12-,18-16-,30-29+,35-34+,43-41+. The Morgan fingerprint density at radius 2 is 0.863 bits per heavy atom. The van der Waals surface area contributed by atoms with Crippen molar-refractivity contribution in [2.45, 2.75) is 313 Å². The van der Waals surface area contributed by atoms with Crippen LogP contribution in [0.4, 0.5) is 0 Å². The lowest BCUT2D eigenvalue weighted by molar-refractivity contribution is -0.303. The smallest absolute Gasteiger partial charge is 0.249 e. The molecular weight excluding hydrogens is 919 g/mol. The third kappa shape index (κ3) is 38.9. The summed E-state index contributed by atoms with van der Waals surface area (Å²) in [5.41, 5.74) is 0. The Morgan fingerprint density at radius 3 is 1.33 bits per heavy atom. The maximum atomic E-state index is 13.2. The zero-order chi connectivity index (χ0) is 53.3. The first-order valence-corrected chi connectivity index (χ1v) is 30.2. The van der Waals surface area contributed by atoms with Crippen molar-refractivity contribution >= 4 is 5.91 Å². The molecule has 1 heterocycles. The molecule has 11 heteroatoms. The molecule has 1 aliphatic rings. The Hall–Kier alpha value is -2.19. The summed E-state index contributed by atoms with van der Waals surface area (Å²) in [6.07, 6.45) is 54.2. The zero-order valence-electron chi connectivity index (χ0n) is 46.6. The Labute approximate surface area is 446 Å². The summed E-state index contributed by atoms with van der Waals surface area (Å²) in [4.78, 5) is 13.2. The van der Waals surface area contributed by atoms with Crippen LogP contribution in [0.2, 0.25) is 0 Å². The number of hydrogen-bond acceptors (Lipinski definition) is 10. The molecule has 0 aliphatic carbocycles. The second kappa shape index (κ2) is 50.6. The van der Waals surface area contributed by atoms with E-state index in [4.69, 9.17) is 9.47 Å². The van der Waals surface area contributed by atoms with Crippen molar-refractivity contribution in [3.05, 3.63) is 60.8 Å². The Balaban J connectivity index is 2.33. The second-order valence-electron chi connectivity index (χ2n) is 21.1. The number of rotatable bonds is 51. The first-order chi connectivity index (χ1) is 35.7. The van der Waals surface area contributed by atoms with Gasteiger partial charge in [-0.05, 0) is 89.9 Å². The topological polar surface area (TPSA) is 189 Å². The predicted molar refractivity (Wildman–Crippen MR) is 302 cm³/mol. The highest BCUT2D eigenvalue weighted by Gasteiger charge is 2.44. The number of nitrogens with one attached hydrogen (secondary N) is 1. The summed E-state index contributed by atoms with van der Waals surface area (Å²) in [7, 11) is 0. The fourth-order valence-electron chi connectivity index (χ4n) is 9.35.